The Morgan fingerprint density at radius 2 is 2.06 bits per heavy atom. The van der Waals surface area contributed by atoms with Crippen molar-refractivity contribution in [2.45, 2.75) is 0 Å². The Morgan fingerprint density at radius 1 is 1.12 bits per heavy atom. The average molecular weight is 228 g/mol. The van der Waals surface area contributed by atoms with E-state index in [9.17, 15) is 5.11 Å². The number of hydrogen-bond donors (Lipinski definition) is 1. The van der Waals surface area contributed by atoms with E-state index in [1.54, 1.807) is 29.8 Å². The van der Waals surface area contributed by atoms with Crippen molar-refractivity contribution in [3.8, 4) is 16.3 Å². The van der Waals surface area contributed by atoms with E-state index >= 15 is 0 Å². The Bertz CT molecular complexity index is 634. The molecule has 1 N–H and O–H groups in total. The molecule has 0 saturated heterocycles. The highest BCUT2D eigenvalue weighted by atomic mass is 32.1. The van der Waals surface area contributed by atoms with Crippen molar-refractivity contribution in [2.24, 2.45) is 0 Å². The first-order chi connectivity index (χ1) is 7.84. The number of phenols is 1. The predicted molar refractivity (Wildman–Crippen MR) is 64.5 cm³/mol. The summed E-state index contributed by atoms with van der Waals surface area (Å²) in [5.41, 5.74) is 1.63. The molecular formula is C12H8N2OS. The molecule has 4 heteroatoms. The molecule has 1 aromatic carbocycles. The number of nitrogens with zero attached hydrogens (tertiary/aromatic N) is 2. The van der Waals surface area contributed by atoms with Gasteiger partial charge >= 0.3 is 0 Å². The van der Waals surface area contributed by atoms with Gasteiger partial charge in [-0.15, -0.1) is 11.3 Å². The highest BCUT2D eigenvalue weighted by Gasteiger charge is 2.08. The number of hydrogen-bond acceptors (Lipinski definition) is 4. The lowest BCUT2D eigenvalue weighted by molar-refractivity contribution is 0.480. The summed E-state index contributed by atoms with van der Waals surface area (Å²) in [6.07, 6.45) is 3.50. The molecule has 78 valence electrons. The largest absolute Gasteiger partial charge is 0.506 e. The topological polar surface area (TPSA) is 46.0 Å². The van der Waals surface area contributed by atoms with Crippen LogP contribution in [0.4, 0.5) is 0 Å². The number of phenolic OH excluding ortho intramolecular Hbond substituents is 1. The minimum atomic E-state index is 0.226. The summed E-state index contributed by atoms with van der Waals surface area (Å²) in [4.78, 5) is 8.47. The average Bonchev–Trinajstić information content (AvgIpc) is 2.76. The highest BCUT2D eigenvalue weighted by Crippen LogP contribution is 2.33. The van der Waals surface area contributed by atoms with Crippen molar-refractivity contribution in [1.82, 2.24) is 9.97 Å². The van der Waals surface area contributed by atoms with Crippen molar-refractivity contribution >= 4 is 21.6 Å². The van der Waals surface area contributed by atoms with Crippen molar-refractivity contribution in [1.29, 1.82) is 0 Å². The van der Waals surface area contributed by atoms with Crippen LogP contribution < -0.4 is 0 Å². The first-order valence-corrected chi connectivity index (χ1v) is 5.65. The first kappa shape index (κ1) is 9.30. The van der Waals surface area contributed by atoms with Gasteiger partial charge in [0, 0.05) is 18.0 Å². The molecule has 0 aliphatic carbocycles. The fourth-order valence-electron chi connectivity index (χ4n) is 1.55. The molecule has 0 spiro atoms. The lowest BCUT2D eigenvalue weighted by Crippen LogP contribution is -1.76. The number of fused-ring (bicyclic) bond motifs is 1. The summed E-state index contributed by atoms with van der Waals surface area (Å²) in [5.74, 6) is 0.226. The number of pyridine rings is 1. The molecule has 3 aromatic rings. The van der Waals surface area contributed by atoms with E-state index < -0.39 is 0 Å². The zero-order valence-corrected chi connectivity index (χ0v) is 9.11. The maximum absolute atomic E-state index is 9.66. The summed E-state index contributed by atoms with van der Waals surface area (Å²) >= 11 is 1.55. The normalized spacial score (nSPS) is 10.8. The number of aromatic hydroxyl groups is 1. The zero-order valence-electron chi connectivity index (χ0n) is 8.29. The number of benzene rings is 1. The SMILES string of the molecule is Oc1cccc2sc(-c3cccnc3)nc12. The van der Waals surface area contributed by atoms with E-state index in [0.717, 1.165) is 15.3 Å². The predicted octanol–water partition coefficient (Wildman–Crippen LogP) is 3.06. The molecule has 0 radical (unpaired) electrons. The van der Waals surface area contributed by atoms with Crippen molar-refractivity contribution < 1.29 is 5.11 Å². The fraction of sp³-hybridized carbons (Fsp3) is 0. The summed E-state index contributed by atoms with van der Waals surface area (Å²) in [6, 6.07) is 9.26. The molecule has 16 heavy (non-hydrogen) atoms. The van der Waals surface area contributed by atoms with Crippen LogP contribution in [-0.4, -0.2) is 15.1 Å². The van der Waals surface area contributed by atoms with Crippen LogP contribution >= 0.6 is 11.3 Å². The molecule has 0 unspecified atom stereocenters. The van der Waals surface area contributed by atoms with Crippen LogP contribution in [-0.2, 0) is 0 Å². The molecule has 0 atom stereocenters. The molecule has 0 bridgehead atoms. The van der Waals surface area contributed by atoms with Gasteiger partial charge in [0.1, 0.15) is 16.3 Å². The molecular weight excluding hydrogens is 220 g/mol. The smallest absolute Gasteiger partial charge is 0.142 e. The second kappa shape index (κ2) is 3.57. The second-order valence-electron chi connectivity index (χ2n) is 3.38. The van der Waals surface area contributed by atoms with Crippen molar-refractivity contribution in [3.63, 3.8) is 0 Å². The Kier molecular flexibility index (Phi) is 2.08. The summed E-state index contributed by atoms with van der Waals surface area (Å²) < 4.78 is 0.985. The van der Waals surface area contributed by atoms with Crippen LogP contribution in [0.5, 0.6) is 5.75 Å². The van der Waals surface area contributed by atoms with Gasteiger partial charge < -0.3 is 5.11 Å². The first-order valence-electron chi connectivity index (χ1n) is 4.83. The van der Waals surface area contributed by atoms with Gasteiger partial charge in [0.25, 0.3) is 0 Å². The highest BCUT2D eigenvalue weighted by molar-refractivity contribution is 7.21. The lowest BCUT2D eigenvalue weighted by atomic mass is 10.3. The second-order valence-corrected chi connectivity index (χ2v) is 4.42. The summed E-state index contributed by atoms with van der Waals surface area (Å²) in [7, 11) is 0. The quantitative estimate of drug-likeness (QED) is 0.696. The molecule has 3 rings (SSSR count). The Balaban J connectivity index is 2.23. The number of aromatic nitrogens is 2. The van der Waals surface area contributed by atoms with Gasteiger partial charge in [-0.25, -0.2) is 4.98 Å². The van der Waals surface area contributed by atoms with E-state index in [4.69, 9.17) is 0 Å². The van der Waals surface area contributed by atoms with Gasteiger partial charge in [0.05, 0.1) is 4.70 Å². The molecule has 0 saturated carbocycles. The van der Waals surface area contributed by atoms with Crippen LogP contribution in [0, 0.1) is 0 Å². The maximum atomic E-state index is 9.66. The Labute approximate surface area is 96.0 Å². The molecule has 2 heterocycles. The van der Waals surface area contributed by atoms with Gasteiger partial charge in [0.15, 0.2) is 0 Å². The van der Waals surface area contributed by atoms with Gasteiger partial charge in [-0.1, -0.05) is 6.07 Å². The minimum absolute atomic E-state index is 0.226. The van der Waals surface area contributed by atoms with Gasteiger partial charge in [-0.05, 0) is 24.3 Å². The van der Waals surface area contributed by atoms with Gasteiger partial charge in [-0.2, -0.15) is 0 Å². The molecule has 0 aliphatic rings. The number of thiazole rings is 1. The fourth-order valence-corrected chi connectivity index (χ4v) is 2.52. The third-order valence-corrected chi connectivity index (χ3v) is 3.38. The van der Waals surface area contributed by atoms with Crippen LogP contribution in [0.15, 0.2) is 42.7 Å². The van der Waals surface area contributed by atoms with Crippen molar-refractivity contribution in [2.75, 3.05) is 0 Å². The zero-order chi connectivity index (χ0) is 11.0. The molecule has 0 amide bonds. The number of rotatable bonds is 1. The van der Waals surface area contributed by atoms with E-state index in [-0.39, 0.29) is 5.75 Å². The minimum Gasteiger partial charge on any atom is -0.506 e. The van der Waals surface area contributed by atoms with E-state index in [1.165, 1.54) is 0 Å². The summed E-state index contributed by atoms with van der Waals surface area (Å²) in [6.45, 7) is 0. The monoisotopic (exact) mass is 228 g/mol. The van der Waals surface area contributed by atoms with Gasteiger partial charge in [0.2, 0.25) is 0 Å². The van der Waals surface area contributed by atoms with Gasteiger partial charge in [-0.3, -0.25) is 4.98 Å². The summed E-state index contributed by atoms with van der Waals surface area (Å²) in [5, 5.41) is 10.5. The van der Waals surface area contributed by atoms with Crippen LogP contribution in [0.2, 0.25) is 0 Å². The van der Waals surface area contributed by atoms with E-state index in [0.29, 0.717) is 5.52 Å². The molecule has 0 aliphatic heterocycles. The maximum Gasteiger partial charge on any atom is 0.142 e. The Morgan fingerprint density at radius 3 is 2.81 bits per heavy atom. The molecule has 0 fully saturated rings. The standard InChI is InChI=1S/C12H8N2OS/c15-9-4-1-5-10-11(9)14-12(16-10)8-3-2-6-13-7-8/h1-7,15H. The van der Waals surface area contributed by atoms with E-state index in [1.807, 2.05) is 24.3 Å². The third-order valence-electron chi connectivity index (χ3n) is 2.31. The number of para-hydroxylation sites is 1. The van der Waals surface area contributed by atoms with Crippen LogP contribution in [0.1, 0.15) is 0 Å². The van der Waals surface area contributed by atoms with Crippen molar-refractivity contribution in [3.05, 3.63) is 42.7 Å². The molecule has 3 nitrogen and oxygen atoms in total. The van der Waals surface area contributed by atoms with Crippen LogP contribution in [0.25, 0.3) is 20.8 Å². The van der Waals surface area contributed by atoms with E-state index in [2.05, 4.69) is 9.97 Å². The molecule has 2 aromatic heterocycles. The lowest BCUT2D eigenvalue weighted by Gasteiger charge is -1.92. The Hall–Kier alpha value is -1.94. The van der Waals surface area contributed by atoms with Crippen LogP contribution in [0.3, 0.4) is 0 Å². The third kappa shape index (κ3) is 1.44.